The number of rotatable bonds is 5. The molecule has 0 bridgehead atoms. The SMILES string of the molecule is Cc1ncn(CCNS(=O)(=O)c2ccc3c(c2)OCCCO3)c1C. The number of ether oxygens (including phenoxy) is 2. The number of fused-ring (bicyclic) bond motifs is 1. The van der Waals surface area contributed by atoms with Gasteiger partial charge in [-0.1, -0.05) is 0 Å². The van der Waals surface area contributed by atoms with E-state index in [4.69, 9.17) is 9.47 Å². The van der Waals surface area contributed by atoms with Crippen molar-refractivity contribution < 1.29 is 17.9 Å². The molecule has 0 radical (unpaired) electrons. The van der Waals surface area contributed by atoms with Crippen LogP contribution in [0.1, 0.15) is 17.8 Å². The Bertz CT molecular complexity index is 830. The zero-order chi connectivity index (χ0) is 17.2. The van der Waals surface area contributed by atoms with E-state index in [1.54, 1.807) is 12.4 Å². The highest BCUT2D eigenvalue weighted by Crippen LogP contribution is 2.31. The summed E-state index contributed by atoms with van der Waals surface area (Å²) >= 11 is 0. The molecule has 8 heteroatoms. The van der Waals surface area contributed by atoms with Gasteiger partial charge >= 0.3 is 0 Å². The van der Waals surface area contributed by atoms with Crippen molar-refractivity contribution in [1.29, 1.82) is 0 Å². The van der Waals surface area contributed by atoms with Crippen molar-refractivity contribution in [3.05, 3.63) is 35.9 Å². The van der Waals surface area contributed by atoms with Crippen LogP contribution in [0.2, 0.25) is 0 Å². The number of sulfonamides is 1. The Morgan fingerprint density at radius 1 is 1.21 bits per heavy atom. The fourth-order valence-corrected chi connectivity index (χ4v) is 3.50. The lowest BCUT2D eigenvalue weighted by atomic mass is 10.3. The predicted molar refractivity (Wildman–Crippen MR) is 88.9 cm³/mol. The molecule has 0 spiro atoms. The second kappa shape index (κ2) is 6.82. The van der Waals surface area contributed by atoms with Gasteiger partial charge in [0.1, 0.15) is 0 Å². The summed E-state index contributed by atoms with van der Waals surface area (Å²) < 4.78 is 40.5. The van der Waals surface area contributed by atoms with Gasteiger partial charge in [0.25, 0.3) is 0 Å². The molecule has 3 rings (SSSR count). The molecule has 7 nitrogen and oxygen atoms in total. The molecular formula is C16H21N3O4S. The maximum Gasteiger partial charge on any atom is 0.240 e. The molecule has 1 N–H and O–H groups in total. The number of imidazole rings is 1. The maximum absolute atomic E-state index is 12.5. The first kappa shape index (κ1) is 16.8. The van der Waals surface area contributed by atoms with E-state index in [2.05, 4.69) is 9.71 Å². The molecule has 0 atom stereocenters. The van der Waals surface area contributed by atoms with Gasteiger partial charge in [-0.25, -0.2) is 18.1 Å². The second-order valence-electron chi connectivity index (χ2n) is 5.67. The first-order valence-corrected chi connectivity index (χ1v) is 9.33. The van der Waals surface area contributed by atoms with Gasteiger partial charge in [0.2, 0.25) is 10.0 Å². The smallest absolute Gasteiger partial charge is 0.240 e. The molecule has 1 aromatic carbocycles. The number of hydrogen-bond acceptors (Lipinski definition) is 5. The molecule has 130 valence electrons. The van der Waals surface area contributed by atoms with Crippen molar-refractivity contribution in [2.45, 2.75) is 31.7 Å². The van der Waals surface area contributed by atoms with Crippen LogP contribution in [0.5, 0.6) is 11.5 Å². The van der Waals surface area contributed by atoms with Gasteiger partial charge in [0.15, 0.2) is 11.5 Å². The molecule has 0 unspecified atom stereocenters. The van der Waals surface area contributed by atoms with E-state index < -0.39 is 10.0 Å². The number of benzene rings is 1. The summed E-state index contributed by atoms with van der Waals surface area (Å²) in [5.41, 5.74) is 1.98. The lowest BCUT2D eigenvalue weighted by Gasteiger charge is -2.11. The predicted octanol–water partition coefficient (Wildman–Crippen LogP) is 1.64. The van der Waals surface area contributed by atoms with Gasteiger partial charge in [0.05, 0.1) is 30.1 Å². The van der Waals surface area contributed by atoms with Gasteiger partial charge in [0, 0.05) is 31.3 Å². The topological polar surface area (TPSA) is 82.5 Å². The molecule has 1 aliphatic rings. The van der Waals surface area contributed by atoms with Gasteiger partial charge < -0.3 is 14.0 Å². The Hall–Kier alpha value is -2.06. The van der Waals surface area contributed by atoms with Crippen molar-refractivity contribution >= 4 is 10.0 Å². The highest BCUT2D eigenvalue weighted by molar-refractivity contribution is 7.89. The van der Waals surface area contributed by atoms with Crippen molar-refractivity contribution in [2.75, 3.05) is 19.8 Å². The maximum atomic E-state index is 12.5. The number of nitrogens with zero attached hydrogens (tertiary/aromatic N) is 2. The minimum atomic E-state index is -3.60. The number of hydrogen-bond donors (Lipinski definition) is 1. The Balaban J connectivity index is 1.69. The van der Waals surface area contributed by atoms with Gasteiger partial charge in [-0.3, -0.25) is 0 Å². The first-order chi connectivity index (χ1) is 11.5. The molecule has 0 fully saturated rings. The van der Waals surface area contributed by atoms with Crippen LogP contribution in [-0.4, -0.2) is 37.7 Å². The molecule has 1 aliphatic heterocycles. The van der Waals surface area contributed by atoms with Crippen LogP contribution in [0.25, 0.3) is 0 Å². The van der Waals surface area contributed by atoms with Gasteiger partial charge in [-0.2, -0.15) is 0 Å². The summed E-state index contributed by atoms with van der Waals surface area (Å²) in [6, 6.07) is 4.68. The number of aromatic nitrogens is 2. The summed E-state index contributed by atoms with van der Waals surface area (Å²) in [5.74, 6) is 1.05. The highest BCUT2D eigenvalue weighted by atomic mass is 32.2. The third kappa shape index (κ3) is 3.54. The van der Waals surface area contributed by atoms with E-state index in [0.29, 0.717) is 31.3 Å². The lowest BCUT2D eigenvalue weighted by Crippen LogP contribution is -2.27. The molecule has 0 saturated carbocycles. The Kier molecular flexibility index (Phi) is 4.77. The van der Waals surface area contributed by atoms with Gasteiger partial charge in [-0.05, 0) is 26.0 Å². The fourth-order valence-electron chi connectivity index (χ4n) is 2.46. The summed E-state index contributed by atoms with van der Waals surface area (Å²) in [4.78, 5) is 4.37. The molecule has 0 saturated heterocycles. The molecule has 0 amide bonds. The van der Waals surface area contributed by atoms with E-state index in [1.165, 1.54) is 12.1 Å². The van der Waals surface area contributed by atoms with E-state index in [-0.39, 0.29) is 11.4 Å². The second-order valence-corrected chi connectivity index (χ2v) is 7.43. The van der Waals surface area contributed by atoms with E-state index in [9.17, 15) is 8.42 Å². The van der Waals surface area contributed by atoms with Crippen LogP contribution in [-0.2, 0) is 16.6 Å². The van der Waals surface area contributed by atoms with Crippen molar-refractivity contribution in [2.24, 2.45) is 0 Å². The molecule has 2 heterocycles. The van der Waals surface area contributed by atoms with Crippen LogP contribution >= 0.6 is 0 Å². The Morgan fingerprint density at radius 2 is 1.96 bits per heavy atom. The summed E-state index contributed by atoms with van der Waals surface area (Å²) in [5, 5.41) is 0. The molecule has 2 aromatic rings. The average Bonchev–Trinajstić information content (AvgIpc) is 2.78. The van der Waals surface area contributed by atoms with Crippen molar-refractivity contribution in [1.82, 2.24) is 14.3 Å². The summed E-state index contributed by atoms with van der Waals surface area (Å²) in [6.07, 6.45) is 2.49. The van der Waals surface area contributed by atoms with E-state index in [0.717, 1.165) is 17.8 Å². The number of aryl methyl sites for hydroxylation is 1. The van der Waals surface area contributed by atoms with Crippen molar-refractivity contribution in [3.63, 3.8) is 0 Å². The van der Waals surface area contributed by atoms with Gasteiger partial charge in [-0.15, -0.1) is 0 Å². The largest absolute Gasteiger partial charge is 0.490 e. The Labute approximate surface area is 141 Å². The van der Waals surface area contributed by atoms with Crippen molar-refractivity contribution in [3.8, 4) is 11.5 Å². The minimum Gasteiger partial charge on any atom is -0.490 e. The van der Waals surface area contributed by atoms with E-state index in [1.807, 2.05) is 18.4 Å². The highest BCUT2D eigenvalue weighted by Gasteiger charge is 2.18. The first-order valence-electron chi connectivity index (χ1n) is 7.85. The van der Waals surface area contributed by atoms with Crippen LogP contribution in [0.15, 0.2) is 29.4 Å². The zero-order valence-corrected chi connectivity index (χ0v) is 14.6. The standard InChI is InChI=1S/C16H21N3O4S/c1-12-13(2)19(11-17-12)7-6-18-24(20,21)14-4-5-15-16(10-14)23-9-3-8-22-15/h4-5,10-11,18H,3,6-9H2,1-2H3. The zero-order valence-electron chi connectivity index (χ0n) is 13.8. The van der Waals surface area contributed by atoms with Crippen LogP contribution in [0.4, 0.5) is 0 Å². The molecule has 1 aromatic heterocycles. The minimum absolute atomic E-state index is 0.172. The molecule has 0 aliphatic carbocycles. The third-order valence-electron chi connectivity index (χ3n) is 4.02. The van der Waals surface area contributed by atoms with Crippen LogP contribution in [0, 0.1) is 13.8 Å². The third-order valence-corrected chi connectivity index (χ3v) is 5.48. The monoisotopic (exact) mass is 351 g/mol. The average molecular weight is 351 g/mol. The normalized spacial score (nSPS) is 14.4. The summed E-state index contributed by atoms with van der Waals surface area (Å²) in [6.45, 7) is 5.78. The van der Waals surface area contributed by atoms with Crippen LogP contribution in [0.3, 0.4) is 0 Å². The molecule has 24 heavy (non-hydrogen) atoms. The lowest BCUT2D eigenvalue weighted by molar-refractivity contribution is 0.297. The Morgan fingerprint density at radius 3 is 2.67 bits per heavy atom. The van der Waals surface area contributed by atoms with Crippen LogP contribution < -0.4 is 14.2 Å². The molecular weight excluding hydrogens is 330 g/mol. The van der Waals surface area contributed by atoms with E-state index >= 15 is 0 Å². The number of nitrogens with one attached hydrogen (secondary N) is 1. The quantitative estimate of drug-likeness (QED) is 0.885. The fraction of sp³-hybridized carbons (Fsp3) is 0.438. The summed E-state index contributed by atoms with van der Waals surface area (Å²) in [7, 11) is -3.60.